The van der Waals surface area contributed by atoms with Gasteiger partial charge in [0.1, 0.15) is 5.82 Å². The number of carboxylic acid groups (broad SMARTS) is 1. The first-order valence-corrected chi connectivity index (χ1v) is 5.22. The molecule has 0 bridgehead atoms. The summed E-state index contributed by atoms with van der Waals surface area (Å²) in [5, 5.41) is 8.79. The topological polar surface area (TPSA) is 46.5 Å². The molecule has 0 amide bonds. The smallest absolute Gasteiger partial charge is 0.332 e. The Hall–Kier alpha value is -1.42. The van der Waals surface area contributed by atoms with E-state index in [1.807, 2.05) is 0 Å². The number of aryl methyl sites for hydroxylation is 1. The van der Waals surface area contributed by atoms with Crippen LogP contribution in [0.4, 0.5) is 4.39 Å². The van der Waals surface area contributed by atoms with E-state index in [0.717, 1.165) is 5.56 Å². The van der Waals surface area contributed by atoms with Crippen molar-refractivity contribution in [1.29, 1.82) is 0 Å². The van der Waals surface area contributed by atoms with Crippen LogP contribution in [0, 0.1) is 12.7 Å². The molecule has 0 radical (unpaired) electrons. The Bertz CT molecular complexity index is 417. The third-order valence-corrected chi connectivity index (χ3v) is 2.85. The second kappa shape index (κ2) is 4.22. The number of hydrogen-bond acceptors (Lipinski definition) is 2. The van der Waals surface area contributed by atoms with Gasteiger partial charge in [-0.15, -0.1) is 0 Å². The number of benzene rings is 1. The molecule has 2 rings (SSSR count). The van der Waals surface area contributed by atoms with Crippen molar-refractivity contribution in [1.82, 2.24) is 0 Å². The normalized spacial score (nSPS) is 24.6. The van der Waals surface area contributed by atoms with Gasteiger partial charge in [0.2, 0.25) is 0 Å². The van der Waals surface area contributed by atoms with E-state index in [0.29, 0.717) is 18.4 Å². The summed E-state index contributed by atoms with van der Waals surface area (Å²) in [6.07, 6.45) is 0.231. The van der Waals surface area contributed by atoms with Crippen LogP contribution in [-0.2, 0) is 9.53 Å². The van der Waals surface area contributed by atoms with Crippen molar-refractivity contribution in [2.45, 2.75) is 32.0 Å². The quantitative estimate of drug-likeness (QED) is 0.839. The van der Waals surface area contributed by atoms with Gasteiger partial charge in [0, 0.05) is 0 Å². The van der Waals surface area contributed by atoms with E-state index < -0.39 is 12.1 Å². The van der Waals surface area contributed by atoms with Gasteiger partial charge in [-0.05, 0) is 37.0 Å². The molecular weight excluding hydrogens is 211 g/mol. The second-order valence-electron chi connectivity index (χ2n) is 4.04. The zero-order chi connectivity index (χ0) is 11.7. The molecule has 1 aliphatic heterocycles. The van der Waals surface area contributed by atoms with E-state index in [9.17, 15) is 9.18 Å². The molecule has 1 aliphatic rings. The average molecular weight is 224 g/mol. The SMILES string of the molecule is Cc1cc(C2CCC(C(=O)O)O2)ccc1F. The average Bonchev–Trinajstić information content (AvgIpc) is 2.71. The number of ether oxygens (including phenoxy) is 1. The molecule has 2 atom stereocenters. The van der Waals surface area contributed by atoms with Gasteiger partial charge in [-0.2, -0.15) is 0 Å². The van der Waals surface area contributed by atoms with E-state index in [1.165, 1.54) is 6.07 Å². The highest BCUT2D eigenvalue weighted by Gasteiger charge is 2.31. The van der Waals surface area contributed by atoms with Crippen LogP contribution in [-0.4, -0.2) is 17.2 Å². The number of carboxylic acids is 1. The van der Waals surface area contributed by atoms with Gasteiger partial charge in [-0.3, -0.25) is 0 Å². The molecule has 1 aromatic carbocycles. The van der Waals surface area contributed by atoms with Gasteiger partial charge in [0.05, 0.1) is 6.10 Å². The van der Waals surface area contributed by atoms with Gasteiger partial charge in [0.25, 0.3) is 0 Å². The van der Waals surface area contributed by atoms with Crippen LogP contribution in [0.25, 0.3) is 0 Å². The lowest BCUT2D eigenvalue weighted by molar-refractivity contribution is -0.149. The Balaban J connectivity index is 2.14. The maximum atomic E-state index is 13.1. The van der Waals surface area contributed by atoms with Crippen molar-refractivity contribution in [3.05, 3.63) is 35.1 Å². The van der Waals surface area contributed by atoms with Crippen LogP contribution in [0.5, 0.6) is 0 Å². The molecule has 0 aromatic heterocycles. The van der Waals surface area contributed by atoms with Gasteiger partial charge in [0.15, 0.2) is 6.10 Å². The van der Waals surface area contributed by atoms with Crippen molar-refractivity contribution in [2.24, 2.45) is 0 Å². The summed E-state index contributed by atoms with van der Waals surface area (Å²) in [7, 11) is 0. The van der Waals surface area contributed by atoms with Crippen LogP contribution in [0.1, 0.15) is 30.1 Å². The summed E-state index contributed by atoms with van der Waals surface area (Å²) in [4.78, 5) is 10.7. The lowest BCUT2D eigenvalue weighted by Crippen LogP contribution is -2.18. The third kappa shape index (κ3) is 2.07. The minimum absolute atomic E-state index is 0.222. The lowest BCUT2D eigenvalue weighted by atomic mass is 10.0. The van der Waals surface area contributed by atoms with Crippen molar-refractivity contribution >= 4 is 5.97 Å². The van der Waals surface area contributed by atoms with Crippen LogP contribution < -0.4 is 0 Å². The highest BCUT2D eigenvalue weighted by molar-refractivity contribution is 5.72. The highest BCUT2D eigenvalue weighted by Crippen LogP contribution is 2.33. The molecule has 1 saturated heterocycles. The van der Waals surface area contributed by atoms with Crippen molar-refractivity contribution < 1.29 is 19.0 Å². The molecule has 1 aromatic rings. The summed E-state index contributed by atoms with van der Waals surface area (Å²) >= 11 is 0. The van der Waals surface area contributed by atoms with E-state index in [1.54, 1.807) is 19.1 Å². The Morgan fingerprint density at radius 1 is 1.50 bits per heavy atom. The van der Waals surface area contributed by atoms with E-state index >= 15 is 0 Å². The van der Waals surface area contributed by atoms with Gasteiger partial charge < -0.3 is 9.84 Å². The standard InChI is InChI=1S/C12H13FO3/c1-7-6-8(2-3-9(7)13)10-4-5-11(16-10)12(14)15/h2-3,6,10-11H,4-5H2,1H3,(H,14,15). The van der Waals surface area contributed by atoms with Crippen LogP contribution in [0.2, 0.25) is 0 Å². The molecule has 2 unspecified atom stereocenters. The fourth-order valence-electron chi connectivity index (χ4n) is 1.93. The van der Waals surface area contributed by atoms with Crippen molar-refractivity contribution in [3.8, 4) is 0 Å². The molecule has 1 N–H and O–H groups in total. The highest BCUT2D eigenvalue weighted by atomic mass is 19.1. The first kappa shape index (κ1) is 11.1. The van der Waals surface area contributed by atoms with Gasteiger partial charge in [-0.1, -0.05) is 12.1 Å². The van der Waals surface area contributed by atoms with Crippen LogP contribution in [0.3, 0.4) is 0 Å². The Labute approximate surface area is 92.9 Å². The third-order valence-electron chi connectivity index (χ3n) is 2.85. The zero-order valence-electron chi connectivity index (χ0n) is 8.94. The molecular formula is C12H13FO3. The number of halogens is 1. The first-order chi connectivity index (χ1) is 7.58. The second-order valence-corrected chi connectivity index (χ2v) is 4.04. The predicted molar refractivity (Wildman–Crippen MR) is 55.6 cm³/mol. The first-order valence-electron chi connectivity index (χ1n) is 5.22. The summed E-state index contributed by atoms with van der Waals surface area (Å²) in [6, 6.07) is 4.75. The van der Waals surface area contributed by atoms with Crippen molar-refractivity contribution in [2.75, 3.05) is 0 Å². The van der Waals surface area contributed by atoms with Crippen molar-refractivity contribution in [3.63, 3.8) is 0 Å². The Kier molecular flexibility index (Phi) is 2.92. The summed E-state index contributed by atoms with van der Waals surface area (Å²) < 4.78 is 18.4. The lowest BCUT2D eigenvalue weighted by Gasteiger charge is -2.12. The molecule has 86 valence electrons. The molecule has 0 saturated carbocycles. The molecule has 0 spiro atoms. The molecule has 16 heavy (non-hydrogen) atoms. The number of hydrogen-bond donors (Lipinski definition) is 1. The predicted octanol–water partition coefficient (Wildman–Crippen LogP) is 2.44. The number of aliphatic carboxylic acids is 1. The number of rotatable bonds is 2. The summed E-state index contributed by atoms with van der Waals surface area (Å²) in [5.74, 6) is -1.18. The zero-order valence-corrected chi connectivity index (χ0v) is 8.94. The molecule has 1 heterocycles. The van der Waals surface area contributed by atoms with E-state index in [4.69, 9.17) is 9.84 Å². The molecule has 1 fully saturated rings. The fraction of sp³-hybridized carbons (Fsp3) is 0.417. The Morgan fingerprint density at radius 3 is 2.81 bits per heavy atom. The minimum atomic E-state index is -0.929. The summed E-state index contributed by atoms with van der Waals surface area (Å²) in [6.45, 7) is 1.68. The van der Waals surface area contributed by atoms with E-state index in [2.05, 4.69) is 0 Å². The van der Waals surface area contributed by atoms with Crippen LogP contribution in [0.15, 0.2) is 18.2 Å². The maximum Gasteiger partial charge on any atom is 0.332 e. The van der Waals surface area contributed by atoms with E-state index in [-0.39, 0.29) is 11.9 Å². The molecule has 4 heteroatoms. The maximum absolute atomic E-state index is 13.1. The van der Waals surface area contributed by atoms with Crippen LogP contribution >= 0.6 is 0 Å². The minimum Gasteiger partial charge on any atom is -0.479 e. The fourth-order valence-corrected chi connectivity index (χ4v) is 1.93. The molecule has 0 aliphatic carbocycles. The largest absolute Gasteiger partial charge is 0.479 e. The molecule has 3 nitrogen and oxygen atoms in total. The number of carbonyl (C=O) groups is 1. The summed E-state index contributed by atoms with van der Waals surface area (Å²) in [5.41, 5.74) is 1.41. The van der Waals surface area contributed by atoms with Gasteiger partial charge in [-0.25, -0.2) is 9.18 Å². The van der Waals surface area contributed by atoms with Gasteiger partial charge >= 0.3 is 5.97 Å². The Morgan fingerprint density at radius 2 is 2.25 bits per heavy atom. The monoisotopic (exact) mass is 224 g/mol.